The number of aromatic nitrogens is 3. The first-order valence-corrected chi connectivity index (χ1v) is 42.8. The molecule has 12 fully saturated rings. The quantitative estimate of drug-likeness (QED) is 0.0264. The van der Waals surface area contributed by atoms with Crippen LogP contribution in [0.3, 0.4) is 0 Å². The SMILES string of the molecule is CCc1cc(C(=O)NC23CCC(NC(=O)COc4ccc(Cl)c(Cl)c4)(CC2)[C@@H](C)C3)on1.C[C@H]1CC2(NC(=O)c3ccsn3)CCC1(NC(=O)COc1ccc(Cl)c(F)c1)CC2.Cc1cc(C(=O)NC23CC(NC(=O)COc4ccc(Cl)c(Cl)c4)(C2)C3)cnc1C.Cc1cc(OCC(=O)NC23CC(NC(=O)c4ccc(Cl)c(F)c4)(C2)C3)ccc1Cl. The second-order valence-electron chi connectivity index (χ2n) is 33.2. The van der Waals surface area contributed by atoms with Crippen LogP contribution in [-0.4, -0.2) is 133 Å². The summed E-state index contributed by atoms with van der Waals surface area (Å²) in [5.74, 6) is -0.383. The molecule has 20 rings (SSSR count). The molecule has 8 amide bonds. The van der Waals surface area contributed by atoms with Crippen LogP contribution < -0.4 is 61.5 Å². The molecule has 12 aliphatic rings. The van der Waals surface area contributed by atoms with Crippen molar-refractivity contribution in [2.24, 2.45) is 11.8 Å². The molecule has 12 saturated carbocycles. The Kier molecular flexibility index (Phi) is 26.7. The first kappa shape index (κ1) is 88.7. The maximum absolute atomic E-state index is 13.5. The van der Waals surface area contributed by atoms with Gasteiger partial charge < -0.3 is 66.0 Å². The van der Waals surface area contributed by atoms with E-state index in [2.05, 4.69) is 70.9 Å². The van der Waals surface area contributed by atoms with Gasteiger partial charge in [-0.15, -0.1) is 0 Å². The number of carbonyl (C=O) groups excluding carboxylic acids is 8. The fraction of sp³-hybridized carbons (Fsp3) is 0.430. The smallest absolute Gasteiger partial charge is 0.290 e. The van der Waals surface area contributed by atoms with Crippen LogP contribution in [0, 0.1) is 44.2 Å². The summed E-state index contributed by atoms with van der Waals surface area (Å²) in [5.41, 5.74) is 2.55. The monoisotopic (exact) mass is 1800 g/mol. The lowest BCUT2D eigenvalue weighted by atomic mass is 9.44. The molecule has 636 valence electrons. The van der Waals surface area contributed by atoms with Crippen molar-refractivity contribution in [3.05, 3.63) is 213 Å². The van der Waals surface area contributed by atoms with E-state index >= 15 is 0 Å². The van der Waals surface area contributed by atoms with Gasteiger partial charge in [0.15, 0.2) is 26.4 Å². The summed E-state index contributed by atoms with van der Waals surface area (Å²) in [6.45, 7) is 11.4. The van der Waals surface area contributed by atoms with E-state index in [0.29, 0.717) is 72.9 Å². The number of hydrogen-bond donors (Lipinski definition) is 8. The van der Waals surface area contributed by atoms with Crippen LogP contribution in [0.2, 0.25) is 35.2 Å². The lowest BCUT2D eigenvalue weighted by molar-refractivity contribution is -0.142. The molecule has 0 aliphatic heterocycles. The number of ether oxygens (including phenoxy) is 4. The molecule has 8 N–H and O–H groups in total. The van der Waals surface area contributed by atoms with Crippen LogP contribution in [0.4, 0.5) is 8.78 Å². The van der Waals surface area contributed by atoms with Gasteiger partial charge in [0.05, 0.1) is 41.4 Å². The molecule has 2 atom stereocenters. The Morgan fingerprint density at radius 3 is 1.26 bits per heavy atom. The van der Waals surface area contributed by atoms with Crippen LogP contribution in [0.5, 0.6) is 23.0 Å². The molecule has 120 heavy (non-hydrogen) atoms. The minimum atomic E-state index is -0.628. The van der Waals surface area contributed by atoms with Crippen LogP contribution in [0.25, 0.3) is 0 Å². The van der Waals surface area contributed by atoms with Crippen molar-refractivity contribution in [2.45, 2.75) is 195 Å². The Hall–Kier alpha value is -9.06. The fourth-order valence-electron chi connectivity index (χ4n) is 18.1. The molecule has 3 heterocycles. The largest absolute Gasteiger partial charge is 0.484 e. The summed E-state index contributed by atoms with van der Waals surface area (Å²) >= 11 is 42.3. The van der Waals surface area contributed by atoms with Gasteiger partial charge >= 0.3 is 0 Å². The normalized spacial score (nSPS) is 25.6. The van der Waals surface area contributed by atoms with Crippen LogP contribution in [0.1, 0.15) is 188 Å². The number of fused-ring (bicyclic) bond motifs is 6. The van der Waals surface area contributed by atoms with Gasteiger partial charge in [-0.05, 0) is 249 Å². The molecule has 0 spiro atoms. The van der Waals surface area contributed by atoms with E-state index in [0.717, 1.165) is 125 Å². The van der Waals surface area contributed by atoms with E-state index in [1.165, 1.54) is 35.8 Å². The molecule has 5 aromatic carbocycles. The average Bonchev–Trinajstić information content (AvgIpc) is 0.727. The van der Waals surface area contributed by atoms with Gasteiger partial charge in [0, 0.05) is 96.4 Å². The molecule has 12 aliphatic carbocycles. The first-order chi connectivity index (χ1) is 56.9. The first-order valence-electron chi connectivity index (χ1n) is 39.3. The third kappa shape index (κ3) is 20.5. The topological polar surface area (TPSA) is 322 Å². The van der Waals surface area contributed by atoms with E-state index in [1.807, 2.05) is 33.8 Å². The van der Waals surface area contributed by atoms with Crippen molar-refractivity contribution >= 4 is 140 Å². The highest BCUT2D eigenvalue weighted by Crippen LogP contribution is 2.62. The third-order valence-corrected chi connectivity index (χ3v) is 27.6. The highest BCUT2D eigenvalue weighted by Gasteiger charge is 2.70. The second kappa shape index (κ2) is 36.2. The van der Waals surface area contributed by atoms with Gasteiger partial charge in [-0.25, -0.2) is 8.78 Å². The maximum Gasteiger partial charge on any atom is 0.290 e. The number of carbonyl (C=O) groups is 8. The van der Waals surface area contributed by atoms with Crippen molar-refractivity contribution in [3.63, 3.8) is 0 Å². The van der Waals surface area contributed by atoms with E-state index < -0.39 is 11.6 Å². The predicted molar refractivity (Wildman–Crippen MR) is 452 cm³/mol. The van der Waals surface area contributed by atoms with Gasteiger partial charge in [-0.2, -0.15) is 4.37 Å². The minimum Gasteiger partial charge on any atom is -0.484 e. The van der Waals surface area contributed by atoms with E-state index in [4.69, 9.17) is 105 Å². The maximum atomic E-state index is 13.5. The number of aryl methyl sites for hydroxylation is 4. The van der Waals surface area contributed by atoms with Crippen LogP contribution >= 0.6 is 92.7 Å². The summed E-state index contributed by atoms with van der Waals surface area (Å²) in [6, 6.07) is 28.3. The number of pyridine rings is 1. The molecule has 34 heteroatoms. The van der Waals surface area contributed by atoms with Gasteiger partial charge in [0.25, 0.3) is 47.3 Å². The van der Waals surface area contributed by atoms with Gasteiger partial charge in [0.2, 0.25) is 5.76 Å². The summed E-state index contributed by atoms with van der Waals surface area (Å²) in [6.07, 6.45) is 14.4. The van der Waals surface area contributed by atoms with E-state index in [1.54, 1.807) is 78.3 Å². The molecular weight excluding hydrogens is 1710 g/mol. The zero-order valence-corrected chi connectivity index (χ0v) is 72.6. The van der Waals surface area contributed by atoms with Gasteiger partial charge in [0.1, 0.15) is 40.3 Å². The van der Waals surface area contributed by atoms with Crippen molar-refractivity contribution in [1.29, 1.82) is 0 Å². The summed E-state index contributed by atoms with van der Waals surface area (Å²) in [7, 11) is 0. The van der Waals surface area contributed by atoms with Crippen molar-refractivity contribution in [3.8, 4) is 23.0 Å². The summed E-state index contributed by atoms with van der Waals surface area (Å²) < 4.78 is 58.4. The van der Waals surface area contributed by atoms with Crippen LogP contribution in [0.15, 0.2) is 125 Å². The van der Waals surface area contributed by atoms with Crippen molar-refractivity contribution < 1.29 is 70.6 Å². The van der Waals surface area contributed by atoms with Gasteiger partial charge in [-0.1, -0.05) is 107 Å². The Labute approximate surface area is 731 Å². The lowest BCUT2D eigenvalue weighted by Crippen LogP contribution is -2.84. The minimum absolute atomic E-state index is 0.00859. The molecular formula is C86H90Cl7F2N11O13S. The molecule has 3 aromatic heterocycles. The van der Waals surface area contributed by atoms with Crippen molar-refractivity contribution in [1.82, 2.24) is 57.0 Å². The Morgan fingerprint density at radius 1 is 0.433 bits per heavy atom. The molecule has 24 nitrogen and oxygen atoms in total. The number of hydrogen-bond acceptors (Lipinski definition) is 17. The summed E-state index contributed by atoms with van der Waals surface area (Å²) in [5, 5.41) is 32.8. The van der Waals surface area contributed by atoms with Crippen molar-refractivity contribution in [2.75, 3.05) is 26.4 Å². The third-order valence-electron chi connectivity index (χ3n) is 24.5. The molecule has 8 aromatic rings. The van der Waals surface area contributed by atoms with E-state index in [9.17, 15) is 47.1 Å². The Morgan fingerprint density at radius 2 is 0.842 bits per heavy atom. The fourth-order valence-corrected chi connectivity index (χ4v) is 19.5. The number of benzene rings is 5. The highest BCUT2D eigenvalue weighted by atomic mass is 35.5. The zero-order chi connectivity index (χ0) is 85.9. The second-order valence-corrected chi connectivity index (χ2v) is 36.8. The number of nitrogens with zero attached hydrogens (tertiary/aromatic N) is 3. The standard InChI is InChI=1S/C23H27Cl2N3O4.C21H19Cl2FN2O3.C21H21Cl2N3O3.C21H23ClFN3O3S/c1-3-15-10-19(32-28-15)21(30)27-22-6-8-23(9-7-22,14(2)12-22)26-20(29)13-31-16-4-5-17(24)18(25)11-16;1-12-6-14(3-5-15(12)22)29-8-18(27)25-20-9-21(10-20,11-20)26-19(28)13-2-4-16(23)17(24)7-13;1-12-5-14(7-24-13(12)2)19(28)26-21-9-20(10-21,11-21)25-18(27)8-29-15-3-4-16(22)17(23)6-15;1-13-11-20(25-19(28)17-4-9-30-26-17)5-7-21(13,8-6-20)24-18(27)12-29-14-2-3-15(22)16(23)10-14/h4-5,10-11,14H,3,6-9,12-13H2,1-2H3,(H,26,29)(H,27,30);2-7H,8-11H2,1H3,(H,25,27)(H,26,28);3-7H,8-11H2,1-2H3,(H,25,27)(H,26,28);2-4,9-10,13H,5-8,11-12H2,1H3,(H,24,27)(H,25,28)/t14-,22?,23?;;;13-,20?,21?/m0..0/s1. The highest BCUT2D eigenvalue weighted by molar-refractivity contribution is 7.03. The Bertz CT molecular complexity index is 5060. The van der Waals surface area contributed by atoms with E-state index in [-0.39, 0.29) is 157 Å². The average molecular weight is 1800 g/mol. The van der Waals surface area contributed by atoms with Crippen LogP contribution in [-0.2, 0) is 25.6 Å². The lowest BCUT2D eigenvalue weighted by Gasteiger charge is -2.70. The number of rotatable bonds is 25. The molecule has 0 saturated heterocycles. The zero-order valence-electron chi connectivity index (χ0n) is 66.5. The molecule has 0 unspecified atom stereocenters. The number of amides is 8. The molecule has 8 bridgehead atoms. The Balaban J connectivity index is 0.000000138. The number of halogens is 9. The summed E-state index contributed by atoms with van der Waals surface area (Å²) in [4.78, 5) is 104. The number of nitrogens with one attached hydrogen (secondary N) is 8. The predicted octanol–water partition coefficient (Wildman–Crippen LogP) is 16.2. The van der Waals surface area contributed by atoms with Gasteiger partial charge in [-0.3, -0.25) is 43.3 Å². The molecule has 0 radical (unpaired) electrons.